The van der Waals surface area contributed by atoms with E-state index in [0.29, 0.717) is 39.4 Å². The van der Waals surface area contributed by atoms with Gasteiger partial charge in [-0.1, -0.05) is 79.0 Å². The first kappa shape index (κ1) is 27.4. The van der Waals surface area contributed by atoms with Gasteiger partial charge in [0.15, 0.2) is 0 Å². The first-order valence-electron chi connectivity index (χ1n) is 12.7. The summed E-state index contributed by atoms with van der Waals surface area (Å²) in [6.07, 6.45) is 3.22. The number of nitrogens with zero attached hydrogens (tertiary/aromatic N) is 3. The number of unbranched alkanes of at least 4 members (excludes halogenated alkanes) is 1. The molecule has 0 saturated carbocycles. The van der Waals surface area contributed by atoms with Crippen molar-refractivity contribution in [3.63, 3.8) is 0 Å². The van der Waals surface area contributed by atoms with E-state index in [1.165, 1.54) is 10.5 Å². The Balaban J connectivity index is 1.54. The summed E-state index contributed by atoms with van der Waals surface area (Å²) in [5.41, 5.74) is 3.98. The minimum Gasteiger partial charge on any atom is -0.330 e. The molecule has 1 heterocycles. The third kappa shape index (κ3) is 6.63. The zero-order valence-corrected chi connectivity index (χ0v) is 23.0. The summed E-state index contributed by atoms with van der Waals surface area (Å²) in [5.74, 6) is -0.0655. The van der Waals surface area contributed by atoms with Gasteiger partial charge >= 0.3 is 0 Å². The van der Waals surface area contributed by atoms with E-state index in [-0.39, 0.29) is 18.4 Å². The van der Waals surface area contributed by atoms with E-state index in [1.54, 1.807) is 28.9 Å². The Labute approximate surface area is 233 Å². The van der Waals surface area contributed by atoms with Crippen molar-refractivity contribution >= 4 is 40.8 Å². The summed E-state index contributed by atoms with van der Waals surface area (Å²) < 4.78 is 1.61. The van der Waals surface area contributed by atoms with Crippen molar-refractivity contribution in [3.8, 4) is 16.9 Å². The van der Waals surface area contributed by atoms with Gasteiger partial charge in [0.05, 0.1) is 21.4 Å². The number of carbonyl (C=O) groups excluding carboxylic acids is 2. The van der Waals surface area contributed by atoms with Gasteiger partial charge in [0.25, 0.3) is 5.91 Å². The van der Waals surface area contributed by atoms with E-state index >= 15 is 0 Å². The zero-order chi connectivity index (χ0) is 27.1. The minimum atomic E-state index is -0.333. The van der Waals surface area contributed by atoms with Gasteiger partial charge in [-0.15, -0.1) is 0 Å². The van der Waals surface area contributed by atoms with Crippen LogP contribution in [0.4, 0.5) is 5.82 Å². The smallest absolute Gasteiger partial charge is 0.254 e. The Kier molecular flexibility index (Phi) is 9.21. The quantitative estimate of drug-likeness (QED) is 0.226. The number of amides is 2. The number of rotatable bonds is 10. The van der Waals surface area contributed by atoms with Crippen molar-refractivity contribution in [1.29, 1.82) is 0 Å². The second-order valence-corrected chi connectivity index (χ2v) is 9.77. The topological polar surface area (TPSA) is 67.2 Å². The van der Waals surface area contributed by atoms with E-state index in [2.05, 4.69) is 12.2 Å². The fraction of sp³-hybridized carbons (Fsp3) is 0.233. The molecule has 8 heteroatoms. The van der Waals surface area contributed by atoms with E-state index in [1.807, 2.05) is 61.5 Å². The van der Waals surface area contributed by atoms with Crippen LogP contribution in [0.25, 0.3) is 16.9 Å². The number of halogens is 2. The van der Waals surface area contributed by atoms with Gasteiger partial charge in [0.1, 0.15) is 12.4 Å². The molecule has 2 amide bonds. The Bertz CT molecular complexity index is 1400. The summed E-state index contributed by atoms with van der Waals surface area (Å²) in [4.78, 5) is 27.8. The highest BCUT2D eigenvalue weighted by Gasteiger charge is 2.20. The first-order chi connectivity index (χ1) is 18.4. The fourth-order valence-electron chi connectivity index (χ4n) is 4.09. The molecule has 0 fully saturated rings. The highest BCUT2D eigenvalue weighted by molar-refractivity contribution is 6.42. The summed E-state index contributed by atoms with van der Waals surface area (Å²) >= 11 is 12.4. The van der Waals surface area contributed by atoms with Crippen LogP contribution in [0.1, 0.15) is 42.6 Å². The first-order valence-corrected chi connectivity index (χ1v) is 13.4. The number of carbonyl (C=O) groups is 2. The standard InChI is InChI=1S/C30H30Cl2N4O2/c1-3-5-9-21-12-14-23(15-13-21)30(38)35(4-2)20-29(37)33-28-19-27(22-10-7-6-8-11-22)34-36(28)24-16-17-25(31)26(32)18-24/h6-8,10-19H,3-5,9,20H2,1-2H3,(H,33,37). The van der Waals surface area contributed by atoms with E-state index in [0.717, 1.165) is 24.8 Å². The molecule has 0 radical (unpaired) electrons. The fourth-order valence-corrected chi connectivity index (χ4v) is 4.39. The van der Waals surface area contributed by atoms with Crippen LogP contribution in [-0.4, -0.2) is 39.6 Å². The van der Waals surface area contributed by atoms with Gasteiger partial charge in [-0.2, -0.15) is 5.10 Å². The van der Waals surface area contributed by atoms with Crippen molar-refractivity contribution in [2.24, 2.45) is 0 Å². The van der Waals surface area contributed by atoms with Crippen LogP contribution in [0.5, 0.6) is 0 Å². The van der Waals surface area contributed by atoms with Gasteiger partial charge in [-0.05, 0) is 55.7 Å². The molecule has 4 aromatic rings. The number of hydrogen-bond acceptors (Lipinski definition) is 3. The number of likely N-dealkylation sites (N-methyl/N-ethyl adjacent to an activating group) is 1. The van der Waals surface area contributed by atoms with E-state index < -0.39 is 0 Å². The minimum absolute atomic E-state index is 0.0971. The maximum absolute atomic E-state index is 13.1. The van der Waals surface area contributed by atoms with Gasteiger partial charge in [-0.3, -0.25) is 9.59 Å². The second-order valence-electron chi connectivity index (χ2n) is 8.96. The lowest BCUT2D eigenvalue weighted by atomic mass is 10.1. The van der Waals surface area contributed by atoms with Crippen LogP contribution in [0, 0.1) is 0 Å². The predicted octanol–water partition coefficient (Wildman–Crippen LogP) is 7.29. The molecule has 3 aromatic carbocycles. The van der Waals surface area contributed by atoms with Crippen LogP contribution in [0.3, 0.4) is 0 Å². The summed E-state index contributed by atoms with van der Waals surface area (Å²) in [6, 6.07) is 24.2. The van der Waals surface area contributed by atoms with Gasteiger partial charge in [0.2, 0.25) is 5.91 Å². The molecule has 38 heavy (non-hydrogen) atoms. The summed E-state index contributed by atoms with van der Waals surface area (Å²) in [6.45, 7) is 4.31. The number of aryl methyl sites for hydroxylation is 1. The molecule has 0 aliphatic carbocycles. The third-order valence-corrected chi connectivity index (χ3v) is 6.96. The number of anilines is 1. The highest BCUT2D eigenvalue weighted by atomic mass is 35.5. The highest BCUT2D eigenvalue weighted by Crippen LogP contribution is 2.29. The maximum atomic E-state index is 13.1. The Morgan fingerprint density at radius 2 is 1.66 bits per heavy atom. The maximum Gasteiger partial charge on any atom is 0.254 e. The lowest BCUT2D eigenvalue weighted by molar-refractivity contribution is -0.116. The second kappa shape index (κ2) is 12.8. The summed E-state index contributed by atoms with van der Waals surface area (Å²) in [7, 11) is 0. The van der Waals surface area contributed by atoms with Crippen LogP contribution in [-0.2, 0) is 11.2 Å². The summed E-state index contributed by atoms with van der Waals surface area (Å²) in [5, 5.41) is 8.43. The number of aromatic nitrogens is 2. The van der Waals surface area contributed by atoms with Crippen LogP contribution in [0.2, 0.25) is 10.0 Å². The van der Waals surface area contributed by atoms with Crippen molar-refractivity contribution in [1.82, 2.24) is 14.7 Å². The SMILES string of the molecule is CCCCc1ccc(C(=O)N(CC)CC(=O)Nc2cc(-c3ccccc3)nn2-c2ccc(Cl)c(Cl)c2)cc1. The number of nitrogens with one attached hydrogen (secondary N) is 1. The molecule has 0 aliphatic rings. The average Bonchev–Trinajstić information content (AvgIpc) is 3.36. The molecule has 0 saturated heterocycles. The average molecular weight is 550 g/mol. The van der Waals surface area contributed by atoms with Crippen LogP contribution in [0.15, 0.2) is 78.9 Å². The molecular formula is C30H30Cl2N4O2. The monoisotopic (exact) mass is 548 g/mol. The normalized spacial score (nSPS) is 10.8. The van der Waals surface area contributed by atoms with Crippen molar-refractivity contribution in [2.45, 2.75) is 33.1 Å². The Morgan fingerprint density at radius 3 is 2.32 bits per heavy atom. The van der Waals surface area contributed by atoms with E-state index in [4.69, 9.17) is 28.3 Å². The van der Waals surface area contributed by atoms with Crippen LogP contribution >= 0.6 is 23.2 Å². The molecule has 1 aromatic heterocycles. The lowest BCUT2D eigenvalue weighted by Gasteiger charge is -2.20. The van der Waals surface area contributed by atoms with Crippen molar-refractivity contribution in [2.75, 3.05) is 18.4 Å². The van der Waals surface area contributed by atoms with Gasteiger partial charge in [-0.25, -0.2) is 4.68 Å². The molecule has 0 atom stereocenters. The Hall–Kier alpha value is -3.61. The molecule has 1 N–H and O–H groups in total. The van der Waals surface area contributed by atoms with E-state index in [9.17, 15) is 9.59 Å². The Morgan fingerprint density at radius 1 is 0.921 bits per heavy atom. The molecule has 4 rings (SSSR count). The molecule has 0 unspecified atom stereocenters. The van der Waals surface area contributed by atoms with Crippen LogP contribution < -0.4 is 5.32 Å². The zero-order valence-electron chi connectivity index (χ0n) is 21.5. The number of hydrogen-bond donors (Lipinski definition) is 1. The lowest BCUT2D eigenvalue weighted by Crippen LogP contribution is -2.38. The third-order valence-electron chi connectivity index (χ3n) is 6.22. The largest absolute Gasteiger partial charge is 0.330 e. The molecular weight excluding hydrogens is 519 g/mol. The molecule has 196 valence electrons. The van der Waals surface area contributed by atoms with Crippen molar-refractivity contribution < 1.29 is 9.59 Å². The van der Waals surface area contributed by atoms with Gasteiger partial charge < -0.3 is 10.2 Å². The molecule has 0 bridgehead atoms. The van der Waals surface area contributed by atoms with Gasteiger partial charge in [0, 0.05) is 23.7 Å². The number of benzene rings is 3. The molecule has 0 spiro atoms. The predicted molar refractivity (Wildman–Crippen MR) is 154 cm³/mol. The van der Waals surface area contributed by atoms with Crippen molar-refractivity contribution in [3.05, 3.63) is 100 Å². The molecule has 6 nitrogen and oxygen atoms in total. The molecule has 0 aliphatic heterocycles.